The van der Waals surface area contributed by atoms with E-state index in [0.29, 0.717) is 6.04 Å². The van der Waals surface area contributed by atoms with Gasteiger partial charge in [-0.05, 0) is 37.8 Å². The minimum absolute atomic E-state index is 0.413. The molecule has 0 radical (unpaired) electrons. The molecule has 60 valence electrons. The molecule has 0 fully saturated rings. The van der Waals surface area contributed by atoms with E-state index < -0.39 is 0 Å². The van der Waals surface area contributed by atoms with Gasteiger partial charge in [-0.1, -0.05) is 0 Å². The third-order valence-electron chi connectivity index (χ3n) is 2.24. The van der Waals surface area contributed by atoms with Gasteiger partial charge in [0, 0.05) is 15.8 Å². The normalized spacial score (nSPS) is 23.3. The molecule has 0 saturated carbocycles. The van der Waals surface area contributed by atoms with Crippen LogP contribution in [0, 0.1) is 6.92 Å². The van der Waals surface area contributed by atoms with Crippen LogP contribution in [-0.4, -0.2) is 6.04 Å². The number of aryl methyl sites for hydroxylation is 2. The van der Waals surface area contributed by atoms with Crippen molar-refractivity contribution in [2.45, 2.75) is 32.2 Å². The molecule has 1 aliphatic carbocycles. The van der Waals surface area contributed by atoms with Crippen molar-refractivity contribution in [1.29, 1.82) is 0 Å². The highest BCUT2D eigenvalue weighted by atomic mass is 32.1. The van der Waals surface area contributed by atoms with Crippen molar-refractivity contribution in [3.05, 3.63) is 21.4 Å². The lowest BCUT2D eigenvalue weighted by atomic mass is 9.95. The van der Waals surface area contributed by atoms with E-state index in [1.54, 1.807) is 4.88 Å². The van der Waals surface area contributed by atoms with E-state index in [0.717, 1.165) is 6.42 Å². The smallest absolute Gasteiger partial charge is 0.00831 e. The van der Waals surface area contributed by atoms with E-state index in [-0.39, 0.29) is 0 Å². The molecule has 2 rings (SSSR count). The Balaban J connectivity index is 2.34. The summed E-state index contributed by atoms with van der Waals surface area (Å²) in [7, 11) is 0. The zero-order valence-electron chi connectivity index (χ0n) is 6.76. The van der Waals surface area contributed by atoms with Gasteiger partial charge in [0.2, 0.25) is 0 Å². The molecule has 1 heterocycles. The van der Waals surface area contributed by atoms with E-state index in [4.69, 9.17) is 5.73 Å². The predicted molar refractivity (Wildman–Crippen MR) is 49.1 cm³/mol. The van der Waals surface area contributed by atoms with Crippen LogP contribution in [0.15, 0.2) is 6.07 Å². The number of nitrogens with two attached hydrogens (primary N) is 1. The summed E-state index contributed by atoms with van der Waals surface area (Å²) in [5, 5.41) is 0. The Kier molecular flexibility index (Phi) is 1.74. The lowest BCUT2D eigenvalue weighted by molar-refractivity contribution is 0.583. The lowest BCUT2D eigenvalue weighted by Gasteiger charge is -2.17. The fourth-order valence-electron chi connectivity index (χ4n) is 1.70. The van der Waals surface area contributed by atoms with Crippen molar-refractivity contribution in [1.82, 2.24) is 0 Å². The summed E-state index contributed by atoms with van der Waals surface area (Å²) in [5.74, 6) is 0. The largest absolute Gasteiger partial charge is 0.327 e. The summed E-state index contributed by atoms with van der Waals surface area (Å²) in [6.45, 7) is 2.18. The number of rotatable bonds is 0. The third-order valence-corrected chi connectivity index (χ3v) is 3.40. The topological polar surface area (TPSA) is 26.0 Å². The second-order valence-electron chi connectivity index (χ2n) is 3.31. The lowest BCUT2D eigenvalue weighted by Crippen LogP contribution is -2.26. The maximum atomic E-state index is 5.86. The first-order valence-corrected chi connectivity index (χ1v) is 4.91. The summed E-state index contributed by atoms with van der Waals surface area (Å²) in [6, 6.07) is 2.70. The van der Waals surface area contributed by atoms with Gasteiger partial charge in [-0.3, -0.25) is 0 Å². The standard InChI is InChI=1S/C9H13NS/c1-6-4-7-5-8(10)2-3-9(7)11-6/h4,8H,2-3,5,10H2,1H3. The molecule has 11 heavy (non-hydrogen) atoms. The van der Waals surface area contributed by atoms with E-state index in [2.05, 4.69) is 13.0 Å². The molecule has 1 aromatic rings. The zero-order valence-corrected chi connectivity index (χ0v) is 7.58. The second kappa shape index (κ2) is 2.61. The average Bonchev–Trinajstić information content (AvgIpc) is 2.27. The van der Waals surface area contributed by atoms with Gasteiger partial charge in [-0.25, -0.2) is 0 Å². The van der Waals surface area contributed by atoms with Gasteiger partial charge in [0.05, 0.1) is 0 Å². The van der Waals surface area contributed by atoms with Crippen LogP contribution in [0.4, 0.5) is 0 Å². The number of hydrogen-bond donors (Lipinski definition) is 1. The maximum Gasteiger partial charge on any atom is 0.00831 e. The van der Waals surface area contributed by atoms with Crippen LogP contribution in [0.2, 0.25) is 0 Å². The van der Waals surface area contributed by atoms with E-state index in [1.807, 2.05) is 11.3 Å². The van der Waals surface area contributed by atoms with E-state index in [1.165, 1.54) is 23.3 Å². The Morgan fingerprint density at radius 3 is 3.27 bits per heavy atom. The molecule has 1 aliphatic rings. The van der Waals surface area contributed by atoms with Crippen LogP contribution in [0.5, 0.6) is 0 Å². The second-order valence-corrected chi connectivity index (χ2v) is 4.65. The highest BCUT2D eigenvalue weighted by Gasteiger charge is 2.16. The zero-order chi connectivity index (χ0) is 7.84. The van der Waals surface area contributed by atoms with Gasteiger partial charge in [0.25, 0.3) is 0 Å². The van der Waals surface area contributed by atoms with Crippen molar-refractivity contribution in [3.63, 3.8) is 0 Å². The first-order valence-electron chi connectivity index (χ1n) is 4.09. The molecule has 1 atom stereocenters. The fourth-order valence-corrected chi connectivity index (χ4v) is 2.78. The van der Waals surface area contributed by atoms with Crippen molar-refractivity contribution in [2.75, 3.05) is 0 Å². The molecule has 0 aromatic carbocycles. The minimum Gasteiger partial charge on any atom is -0.327 e. The van der Waals surface area contributed by atoms with E-state index in [9.17, 15) is 0 Å². The number of hydrogen-bond acceptors (Lipinski definition) is 2. The SMILES string of the molecule is Cc1cc2c(s1)CCC(N)C2. The predicted octanol–water partition coefficient (Wildman–Crippen LogP) is 1.87. The molecule has 0 amide bonds. The van der Waals surface area contributed by atoms with Gasteiger partial charge in [0.15, 0.2) is 0 Å². The molecule has 1 aromatic heterocycles. The third kappa shape index (κ3) is 1.33. The van der Waals surface area contributed by atoms with E-state index >= 15 is 0 Å². The first-order chi connectivity index (χ1) is 5.25. The Labute approximate surface area is 71.2 Å². The summed E-state index contributed by atoms with van der Waals surface area (Å²) in [6.07, 6.45) is 3.47. The molecule has 1 unspecified atom stereocenters. The molecule has 0 spiro atoms. The van der Waals surface area contributed by atoms with Crippen LogP contribution >= 0.6 is 11.3 Å². The van der Waals surface area contributed by atoms with Gasteiger partial charge >= 0.3 is 0 Å². The Morgan fingerprint density at radius 1 is 1.64 bits per heavy atom. The molecule has 0 aliphatic heterocycles. The van der Waals surface area contributed by atoms with Crippen molar-refractivity contribution >= 4 is 11.3 Å². The fraction of sp³-hybridized carbons (Fsp3) is 0.556. The molecule has 0 saturated heterocycles. The summed E-state index contributed by atoms with van der Waals surface area (Å²) >= 11 is 1.94. The van der Waals surface area contributed by atoms with Crippen molar-refractivity contribution in [3.8, 4) is 0 Å². The van der Waals surface area contributed by atoms with Gasteiger partial charge < -0.3 is 5.73 Å². The molecule has 1 nitrogen and oxygen atoms in total. The van der Waals surface area contributed by atoms with Crippen LogP contribution in [0.25, 0.3) is 0 Å². The summed E-state index contributed by atoms with van der Waals surface area (Å²) in [4.78, 5) is 3.01. The summed E-state index contributed by atoms with van der Waals surface area (Å²) in [5.41, 5.74) is 7.37. The summed E-state index contributed by atoms with van der Waals surface area (Å²) < 4.78 is 0. The molecular formula is C9H13NS. The highest BCUT2D eigenvalue weighted by Crippen LogP contribution is 2.28. The van der Waals surface area contributed by atoms with Crippen LogP contribution < -0.4 is 5.73 Å². The van der Waals surface area contributed by atoms with Crippen LogP contribution in [0.3, 0.4) is 0 Å². The average molecular weight is 167 g/mol. The maximum absolute atomic E-state index is 5.86. The van der Waals surface area contributed by atoms with Crippen LogP contribution in [-0.2, 0) is 12.8 Å². The highest BCUT2D eigenvalue weighted by molar-refractivity contribution is 7.12. The van der Waals surface area contributed by atoms with Gasteiger partial charge in [-0.15, -0.1) is 11.3 Å². The quantitative estimate of drug-likeness (QED) is 0.627. The monoisotopic (exact) mass is 167 g/mol. The van der Waals surface area contributed by atoms with Crippen molar-refractivity contribution in [2.24, 2.45) is 5.73 Å². The minimum atomic E-state index is 0.413. The van der Waals surface area contributed by atoms with Gasteiger partial charge in [-0.2, -0.15) is 0 Å². The molecule has 2 N–H and O–H groups in total. The molecule has 2 heteroatoms. The Morgan fingerprint density at radius 2 is 2.45 bits per heavy atom. The Bertz CT molecular complexity index is 265. The molecular weight excluding hydrogens is 154 g/mol. The first kappa shape index (κ1) is 7.32. The van der Waals surface area contributed by atoms with Crippen LogP contribution in [0.1, 0.15) is 21.7 Å². The van der Waals surface area contributed by atoms with Gasteiger partial charge in [0.1, 0.15) is 0 Å². The molecule has 0 bridgehead atoms. The van der Waals surface area contributed by atoms with Crippen molar-refractivity contribution < 1.29 is 0 Å². The number of thiophene rings is 1. The Hall–Kier alpha value is -0.340. The number of fused-ring (bicyclic) bond motifs is 1.